The number of anilines is 1. The van der Waals surface area contributed by atoms with Gasteiger partial charge in [0.1, 0.15) is 16.5 Å². The molecule has 1 aliphatic heterocycles. The van der Waals surface area contributed by atoms with Crippen molar-refractivity contribution >= 4 is 52.6 Å². The standard InChI is InChI=1S/C43H66N8O8S.CO2/c1-9-13-31(22-30-15-16-37(53)33(23-30)47-40(55)17-20-58-21-18-45-49-44)46-41(56)34-26-60-42(48-34)39(59-29(6)52)25-36(27(3)4)51(8)43(57)32(28(5)10-2)24-38(54)35-14-11-12-19-50(35)7;2-1-3/h15-16,23,26-28,31-32,35-36,39,53H,9-14,17-22,24-25H2,1-8H3,(H,46,56)(H,47,55);/t28-,31+,32-,35+,36+,39+;/m0./s1. The molecule has 2 aromatic rings. The van der Waals surface area contributed by atoms with Crippen LogP contribution >= 0.6 is 11.3 Å². The molecular formula is C44H66N8O10S. The third-order valence-corrected chi connectivity index (χ3v) is 12.2. The highest BCUT2D eigenvalue weighted by molar-refractivity contribution is 7.09. The monoisotopic (exact) mass is 898 g/mol. The van der Waals surface area contributed by atoms with Crippen molar-refractivity contribution in [3.63, 3.8) is 0 Å². The number of esters is 1. The summed E-state index contributed by atoms with van der Waals surface area (Å²) in [6.07, 6.45) is 5.35. The number of Topliss-reactive ketones (excluding diaryl/α,β-unsaturated/α-hetero) is 1. The van der Waals surface area contributed by atoms with E-state index in [0.29, 0.717) is 17.8 Å². The molecule has 63 heavy (non-hydrogen) atoms. The summed E-state index contributed by atoms with van der Waals surface area (Å²) in [6, 6.07) is 4.05. The maximum absolute atomic E-state index is 14.3. The second kappa shape index (κ2) is 28.5. The minimum Gasteiger partial charge on any atom is -0.506 e. The van der Waals surface area contributed by atoms with Crippen molar-refractivity contribution < 1.29 is 48.1 Å². The summed E-state index contributed by atoms with van der Waals surface area (Å²) in [4.78, 5) is 93.9. The van der Waals surface area contributed by atoms with Crippen molar-refractivity contribution in [2.45, 2.75) is 130 Å². The van der Waals surface area contributed by atoms with E-state index >= 15 is 0 Å². The number of nitrogens with one attached hydrogen (secondary N) is 2. The van der Waals surface area contributed by atoms with Gasteiger partial charge >= 0.3 is 12.1 Å². The number of carbonyl (C=O) groups excluding carboxylic acids is 7. The molecule has 19 heteroatoms. The topological polar surface area (TPSA) is 250 Å². The Morgan fingerprint density at radius 2 is 1.86 bits per heavy atom. The van der Waals surface area contributed by atoms with Gasteiger partial charge in [0, 0.05) is 61.7 Å². The van der Waals surface area contributed by atoms with Crippen LogP contribution in [-0.2, 0) is 44.7 Å². The number of rotatable bonds is 25. The van der Waals surface area contributed by atoms with Crippen LogP contribution in [-0.4, -0.2) is 114 Å². The quantitative estimate of drug-likeness (QED) is 0.0237. The maximum atomic E-state index is 14.3. The smallest absolute Gasteiger partial charge is 0.373 e. The molecule has 0 aliphatic carbocycles. The Balaban J connectivity index is 0.00000442. The average Bonchev–Trinajstić information content (AvgIpc) is 3.74. The Labute approximate surface area is 374 Å². The largest absolute Gasteiger partial charge is 0.506 e. The minimum atomic E-state index is -0.822. The van der Waals surface area contributed by atoms with Crippen molar-refractivity contribution in [1.82, 2.24) is 20.1 Å². The van der Waals surface area contributed by atoms with E-state index in [1.54, 1.807) is 29.5 Å². The predicted molar refractivity (Wildman–Crippen MR) is 237 cm³/mol. The van der Waals surface area contributed by atoms with E-state index in [-0.39, 0.29) is 110 Å². The Kier molecular flexibility index (Phi) is 24.4. The zero-order valence-corrected chi connectivity index (χ0v) is 38.8. The molecule has 3 N–H and O–H groups in total. The molecule has 0 unspecified atom stereocenters. The Hall–Kier alpha value is -5.19. The summed E-state index contributed by atoms with van der Waals surface area (Å²) in [7, 11) is 3.74. The molecule has 1 aromatic carbocycles. The highest BCUT2D eigenvalue weighted by Gasteiger charge is 2.37. The predicted octanol–water partition coefficient (Wildman–Crippen LogP) is 6.65. The number of aromatic hydroxyl groups is 1. The first-order chi connectivity index (χ1) is 30.0. The summed E-state index contributed by atoms with van der Waals surface area (Å²) >= 11 is 1.21. The molecule has 1 saturated heterocycles. The summed E-state index contributed by atoms with van der Waals surface area (Å²) in [5.74, 6) is -1.91. The molecule has 1 aromatic heterocycles. The van der Waals surface area contributed by atoms with Gasteiger partial charge in [0.05, 0.1) is 31.4 Å². The van der Waals surface area contributed by atoms with Crippen LogP contribution in [0.5, 0.6) is 5.75 Å². The molecule has 3 rings (SSSR count). The fourth-order valence-electron chi connectivity index (χ4n) is 7.67. The van der Waals surface area contributed by atoms with Gasteiger partial charge in [0.15, 0.2) is 11.9 Å². The molecule has 3 amide bonds. The molecule has 0 radical (unpaired) electrons. The van der Waals surface area contributed by atoms with Crippen LogP contribution in [0.25, 0.3) is 10.4 Å². The number of thiazole rings is 1. The van der Waals surface area contributed by atoms with Crippen LogP contribution in [0.2, 0.25) is 0 Å². The molecule has 348 valence electrons. The van der Waals surface area contributed by atoms with Gasteiger partial charge < -0.3 is 30.1 Å². The second-order valence-corrected chi connectivity index (χ2v) is 17.2. The van der Waals surface area contributed by atoms with Crippen molar-refractivity contribution in [1.29, 1.82) is 0 Å². The first-order valence-electron chi connectivity index (χ1n) is 21.6. The van der Waals surface area contributed by atoms with Crippen LogP contribution < -0.4 is 10.6 Å². The SMILES string of the molecule is CCC[C@H](Cc1ccc(O)c(NC(=O)CCOCCN=[N+]=[N-])c1)NC(=O)c1csc([C@@H](C[C@H](C(C)C)N(C)C(=O)[C@@H](CC(=O)[C@H]2CCCCN2C)[C@@H](C)CC)OC(C)=O)n1.O=C=O. The number of likely N-dealkylation sites (N-methyl/N-ethyl adjacent to an activating group) is 1. The number of piperidine rings is 1. The lowest BCUT2D eigenvalue weighted by atomic mass is 9.83. The van der Waals surface area contributed by atoms with E-state index in [4.69, 9.17) is 24.6 Å². The molecule has 6 atom stereocenters. The van der Waals surface area contributed by atoms with Gasteiger partial charge in [-0.1, -0.05) is 65.1 Å². The summed E-state index contributed by atoms with van der Waals surface area (Å²) in [6.45, 7) is 12.7. The molecule has 2 heterocycles. The summed E-state index contributed by atoms with van der Waals surface area (Å²) in [5, 5.41) is 21.7. The molecule has 1 aliphatic rings. The number of carbonyl (C=O) groups is 5. The van der Waals surface area contributed by atoms with Crippen LogP contribution in [0.15, 0.2) is 28.7 Å². The fourth-order valence-corrected chi connectivity index (χ4v) is 8.51. The van der Waals surface area contributed by atoms with Crippen molar-refractivity contribution in [2.24, 2.45) is 22.9 Å². The van der Waals surface area contributed by atoms with Gasteiger partial charge in [-0.25, -0.2) is 4.98 Å². The van der Waals surface area contributed by atoms with Gasteiger partial charge in [-0.3, -0.25) is 28.9 Å². The minimum absolute atomic E-state index is 0.0114. The van der Waals surface area contributed by atoms with E-state index in [2.05, 4.69) is 30.5 Å². The van der Waals surface area contributed by atoms with Crippen LogP contribution in [0.4, 0.5) is 5.69 Å². The Morgan fingerprint density at radius 1 is 1.14 bits per heavy atom. The van der Waals surface area contributed by atoms with Crippen LogP contribution in [0.3, 0.4) is 0 Å². The number of ether oxygens (including phenoxy) is 2. The lowest BCUT2D eigenvalue weighted by molar-refractivity contribution is -0.191. The highest BCUT2D eigenvalue weighted by atomic mass is 32.1. The molecule has 18 nitrogen and oxygen atoms in total. The lowest BCUT2D eigenvalue weighted by Crippen LogP contribution is -2.48. The number of aromatic nitrogens is 1. The molecular weight excluding hydrogens is 833 g/mol. The molecule has 0 spiro atoms. The number of nitrogens with zero attached hydrogens (tertiary/aromatic N) is 6. The molecule has 1 fully saturated rings. The third-order valence-electron chi connectivity index (χ3n) is 11.3. The molecule has 0 bridgehead atoms. The van der Waals surface area contributed by atoms with Gasteiger partial charge in [0.2, 0.25) is 11.8 Å². The number of amides is 3. The number of hydrogen-bond donors (Lipinski definition) is 3. The normalized spacial score (nSPS) is 16.1. The van der Waals surface area contributed by atoms with E-state index < -0.39 is 23.9 Å². The van der Waals surface area contributed by atoms with Gasteiger partial charge in [0.25, 0.3) is 5.91 Å². The second-order valence-electron chi connectivity index (χ2n) is 16.3. The Morgan fingerprint density at radius 3 is 2.48 bits per heavy atom. The number of phenols is 1. The van der Waals surface area contributed by atoms with E-state index in [1.165, 1.54) is 24.3 Å². The number of benzene rings is 1. The highest BCUT2D eigenvalue weighted by Crippen LogP contribution is 2.33. The van der Waals surface area contributed by atoms with Crippen molar-refractivity contribution in [3.05, 3.63) is 50.3 Å². The van der Waals surface area contributed by atoms with Gasteiger partial charge in [-0.15, -0.1) is 11.3 Å². The van der Waals surface area contributed by atoms with E-state index in [0.717, 1.165) is 44.2 Å². The van der Waals surface area contributed by atoms with Gasteiger partial charge in [-0.2, -0.15) is 9.59 Å². The first kappa shape index (κ1) is 53.9. The number of ketones is 1. The summed E-state index contributed by atoms with van der Waals surface area (Å²) in [5.41, 5.74) is 9.53. The first-order valence-corrected chi connectivity index (χ1v) is 22.5. The summed E-state index contributed by atoms with van der Waals surface area (Å²) < 4.78 is 11.1. The fraction of sp³-hybridized carbons (Fsp3) is 0.659. The zero-order chi connectivity index (χ0) is 47.1. The van der Waals surface area contributed by atoms with Gasteiger partial charge in [-0.05, 0) is 74.3 Å². The van der Waals surface area contributed by atoms with Crippen LogP contribution in [0, 0.1) is 17.8 Å². The lowest BCUT2D eigenvalue weighted by Gasteiger charge is -2.37. The van der Waals surface area contributed by atoms with Crippen LogP contribution in [0.1, 0.15) is 126 Å². The van der Waals surface area contributed by atoms with Crippen molar-refractivity contribution in [3.8, 4) is 5.75 Å². The average molecular weight is 899 g/mol. The zero-order valence-electron chi connectivity index (χ0n) is 38.0. The number of phenolic OH excluding ortho intramolecular Hbond substituents is 1. The number of azide groups is 1. The number of likely N-dealkylation sites (tertiary alicyclic amines) is 1. The van der Waals surface area contributed by atoms with Crippen molar-refractivity contribution in [2.75, 3.05) is 45.7 Å². The van der Waals surface area contributed by atoms with E-state index in [9.17, 15) is 29.1 Å². The Bertz CT molecular complexity index is 1880. The third kappa shape index (κ3) is 18.2. The molecule has 0 saturated carbocycles. The maximum Gasteiger partial charge on any atom is 0.373 e. The number of hydrogen-bond acceptors (Lipinski definition) is 14. The van der Waals surface area contributed by atoms with E-state index in [1.807, 2.05) is 41.7 Å².